The Morgan fingerprint density at radius 2 is 2.11 bits per heavy atom. The predicted octanol–water partition coefficient (Wildman–Crippen LogP) is 3.67. The zero-order valence-corrected chi connectivity index (χ0v) is 12.0. The van der Waals surface area contributed by atoms with Crippen LogP contribution in [0.5, 0.6) is 0 Å². The van der Waals surface area contributed by atoms with Crippen LogP contribution in [-0.4, -0.2) is 11.4 Å². The summed E-state index contributed by atoms with van der Waals surface area (Å²) in [6, 6.07) is 7.22. The van der Waals surface area contributed by atoms with Crippen LogP contribution in [0.1, 0.15) is 36.0 Å². The van der Waals surface area contributed by atoms with Crippen molar-refractivity contribution in [3.05, 3.63) is 33.3 Å². The summed E-state index contributed by atoms with van der Waals surface area (Å²) in [5.41, 5.74) is -0.197. The first kappa shape index (κ1) is 13.4. The Labute approximate surface area is 119 Å². The summed E-state index contributed by atoms with van der Waals surface area (Å²) < 4.78 is 0.638. The van der Waals surface area contributed by atoms with Crippen molar-refractivity contribution in [2.24, 2.45) is 0 Å². The van der Waals surface area contributed by atoms with Gasteiger partial charge in [-0.2, -0.15) is 5.26 Å². The standard InChI is InChI=1S/C13H12BrClN2O/c14-11-7-9(15)3-4-10(11)12(18)17-13(8-16)5-1-2-6-13/h3-4,7H,1-2,5-6H2,(H,17,18). The van der Waals surface area contributed by atoms with E-state index in [0.29, 0.717) is 15.1 Å². The van der Waals surface area contributed by atoms with Crippen LogP contribution in [0, 0.1) is 11.3 Å². The van der Waals surface area contributed by atoms with Crippen molar-refractivity contribution in [3.8, 4) is 6.07 Å². The molecule has 1 amide bonds. The van der Waals surface area contributed by atoms with E-state index in [-0.39, 0.29) is 5.91 Å². The maximum Gasteiger partial charge on any atom is 0.253 e. The number of nitrogens with one attached hydrogen (secondary N) is 1. The molecule has 0 atom stereocenters. The van der Waals surface area contributed by atoms with Crippen molar-refractivity contribution in [2.75, 3.05) is 0 Å². The third-order valence-corrected chi connectivity index (χ3v) is 4.09. The van der Waals surface area contributed by atoms with Crippen LogP contribution in [0.2, 0.25) is 5.02 Å². The molecule has 0 bridgehead atoms. The number of nitrogens with zero attached hydrogens (tertiary/aromatic N) is 1. The molecule has 1 aromatic carbocycles. The molecular weight excluding hydrogens is 316 g/mol. The van der Waals surface area contributed by atoms with Gasteiger partial charge in [0.2, 0.25) is 0 Å². The number of benzene rings is 1. The first-order valence-electron chi connectivity index (χ1n) is 5.75. The van der Waals surface area contributed by atoms with Crippen LogP contribution in [-0.2, 0) is 0 Å². The number of amides is 1. The molecule has 1 aliphatic carbocycles. The van der Waals surface area contributed by atoms with Gasteiger partial charge in [-0.3, -0.25) is 4.79 Å². The van der Waals surface area contributed by atoms with E-state index in [9.17, 15) is 10.1 Å². The second-order valence-electron chi connectivity index (χ2n) is 4.48. The molecule has 0 aromatic heterocycles. The topological polar surface area (TPSA) is 52.9 Å². The lowest BCUT2D eigenvalue weighted by atomic mass is 9.99. The number of carbonyl (C=O) groups excluding carboxylic acids is 1. The molecule has 1 fully saturated rings. The van der Waals surface area contributed by atoms with Gasteiger partial charge in [-0.25, -0.2) is 0 Å². The molecule has 1 saturated carbocycles. The third kappa shape index (κ3) is 2.68. The molecule has 1 N–H and O–H groups in total. The van der Waals surface area contributed by atoms with Gasteiger partial charge in [0.05, 0.1) is 11.6 Å². The van der Waals surface area contributed by atoms with E-state index < -0.39 is 5.54 Å². The molecule has 3 nitrogen and oxygen atoms in total. The fourth-order valence-electron chi connectivity index (χ4n) is 2.20. The van der Waals surface area contributed by atoms with Gasteiger partial charge in [0, 0.05) is 9.50 Å². The highest BCUT2D eigenvalue weighted by Crippen LogP contribution is 2.30. The Morgan fingerprint density at radius 3 is 2.67 bits per heavy atom. The molecule has 0 spiro atoms. The van der Waals surface area contributed by atoms with Gasteiger partial charge in [0.15, 0.2) is 0 Å². The summed E-state index contributed by atoms with van der Waals surface area (Å²) in [5.74, 6) is -0.234. The zero-order chi connectivity index (χ0) is 13.2. The van der Waals surface area contributed by atoms with Gasteiger partial charge in [0.1, 0.15) is 5.54 Å². The van der Waals surface area contributed by atoms with Crippen molar-refractivity contribution in [2.45, 2.75) is 31.2 Å². The smallest absolute Gasteiger partial charge is 0.253 e. The monoisotopic (exact) mass is 326 g/mol. The molecule has 5 heteroatoms. The average Bonchev–Trinajstić information content (AvgIpc) is 2.78. The Bertz CT molecular complexity index is 518. The fourth-order valence-corrected chi connectivity index (χ4v) is 3.06. The quantitative estimate of drug-likeness (QED) is 0.901. The lowest BCUT2D eigenvalue weighted by Crippen LogP contribution is -2.45. The molecule has 0 saturated heterocycles. The highest BCUT2D eigenvalue weighted by Gasteiger charge is 2.35. The maximum atomic E-state index is 12.2. The number of halogens is 2. The van der Waals surface area contributed by atoms with Crippen LogP contribution < -0.4 is 5.32 Å². The first-order valence-corrected chi connectivity index (χ1v) is 6.92. The maximum absolute atomic E-state index is 12.2. The van der Waals surface area contributed by atoms with E-state index in [4.69, 9.17) is 11.6 Å². The Morgan fingerprint density at radius 1 is 1.44 bits per heavy atom. The minimum Gasteiger partial charge on any atom is -0.334 e. The highest BCUT2D eigenvalue weighted by molar-refractivity contribution is 9.10. The van der Waals surface area contributed by atoms with Crippen molar-refractivity contribution in [1.29, 1.82) is 5.26 Å². The first-order chi connectivity index (χ1) is 8.56. The molecule has 18 heavy (non-hydrogen) atoms. The third-order valence-electron chi connectivity index (χ3n) is 3.20. The van der Waals surface area contributed by atoms with Crippen molar-refractivity contribution < 1.29 is 4.79 Å². The molecule has 1 aliphatic rings. The molecule has 0 radical (unpaired) electrons. The summed E-state index contributed by atoms with van der Waals surface area (Å²) in [6.07, 6.45) is 3.41. The summed E-state index contributed by atoms with van der Waals surface area (Å²) in [7, 11) is 0. The molecule has 94 valence electrons. The molecule has 2 rings (SSSR count). The van der Waals surface area contributed by atoms with E-state index in [1.54, 1.807) is 18.2 Å². The molecule has 0 unspecified atom stereocenters. The molecule has 0 heterocycles. The lowest BCUT2D eigenvalue weighted by Gasteiger charge is -2.22. The Kier molecular flexibility index (Phi) is 3.94. The van der Waals surface area contributed by atoms with Gasteiger partial charge < -0.3 is 5.32 Å². The second-order valence-corrected chi connectivity index (χ2v) is 5.77. The van der Waals surface area contributed by atoms with E-state index in [2.05, 4.69) is 27.3 Å². The number of carbonyl (C=O) groups is 1. The van der Waals surface area contributed by atoms with Crippen LogP contribution in [0.15, 0.2) is 22.7 Å². The second kappa shape index (κ2) is 5.29. The van der Waals surface area contributed by atoms with Crippen LogP contribution in [0.4, 0.5) is 0 Å². The normalized spacial score (nSPS) is 17.2. The van der Waals surface area contributed by atoms with Gasteiger partial charge in [-0.05, 0) is 59.8 Å². The highest BCUT2D eigenvalue weighted by atomic mass is 79.9. The zero-order valence-electron chi connectivity index (χ0n) is 9.67. The SMILES string of the molecule is N#CC1(NC(=O)c2ccc(Cl)cc2Br)CCCC1. The molecular formula is C13H12BrClN2O. The van der Waals surface area contributed by atoms with E-state index in [1.165, 1.54) is 0 Å². The van der Waals surface area contributed by atoms with Crippen LogP contribution in [0.25, 0.3) is 0 Å². The van der Waals surface area contributed by atoms with Gasteiger partial charge in [0.25, 0.3) is 5.91 Å². The van der Waals surface area contributed by atoms with Crippen LogP contribution in [0.3, 0.4) is 0 Å². The summed E-state index contributed by atoms with van der Waals surface area (Å²) in [5, 5.41) is 12.6. The fraction of sp³-hybridized carbons (Fsp3) is 0.385. The minimum atomic E-state index is -0.698. The number of nitriles is 1. The van der Waals surface area contributed by atoms with E-state index >= 15 is 0 Å². The van der Waals surface area contributed by atoms with Gasteiger partial charge >= 0.3 is 0 Å². The average molecular weight is 328 g/mol. The predicted molar refractivity (Wildman–Crippen MR) is 73.4 cm³/mol. The largest absolute Gasteiger partial charge is 0.334 e. The lowest BCUT2D eigenvalue weighted by molar-refractivity contribution is 0.0920. The number of rotatable bonds is 2. The minimum absolute atomic E-state index is 0.234. The van der Waals surface area contributed by atoms with Crippen molar-refractivity contribution in [3.63, 3.8) is 0 Å². The molecule has 0 aliphatic heterocycles. The summed E-state index contributed by atoms with van der Waals surface area (Å²) >= 11 is 9.14. The Balaban J connectivity index is 2.19. The van der Waals surface area contributed by atoms with E-state index in [1.807, 2.05) is 0 Å². The summed E-state index contributed by atoms with van der Waals surface area (Å²) in [6.45, 7) is 0. The van der Waals surface area contributed by atoms with E-state index in [0.717, 1.165) is 25.7 Å². The number of hydrogen-bond acceptors (Lipinski definition) is 2. The van der Waals surface area contributed by atoms with Crippen LogP contribution >= 0.6 is 27.5 Å². The van der Waals surface area contributed by atoms with Gasteiger partial charge in [-0.1, -0.05) is 11.6 Å². The number of hydrogen-bond donors (Lipinski definition) is 1. The molecule has 1 aromatic rings. The van der Waals surface area contributed by atoms with Crippen molar-refractivity contribution in [1.82, 2.24) is 5.32 Å². The Hall–Kier alpha value is -1.05. The van der Waals surface area contributed by atoms with Gasteiger partial charge in [-0.15, -0.1) is 0 Å². The summed E-state index contributed by atoms with van der Waals surface area (Å²) in [4.78, 5) is 12.2. The van der Waals surface area contributed by atoms with Crippen molar-refractivity contribution >= 4 is 33.4 Å².